The van der Waals surface area contributed by atoms with Gasteiger partial charge in [-0.25, -0.2) is 4.79 Å². The summed E-state index contributed by atoms with van der Waals surface area (Å²) in [6.07, 6.45) is -0.933. The molecule has 34 heavy (non-hydrogen) atoms. The average molecular weight is 465 g/mol. The molecule has 2 aromatic rings. The van der Waals surface area contributed by atoms with Gasteiger partial charge in [-0.1, -0.05) is 48.0 Å². The Balaban J connectivity index is 1.53. The Kier molecular flexibility index (Phi) is 6.67. The number of primary amides is 1. The van der Waals surface area contributed by atoms with Crippen molar-refractivity contribution in [3.05, 3.63) is 76.9 Å². The first-order valence-electron chi connectivity index (χ1n) is 11.1. The molecule has 4 rings (SSSR count). The number of urea groups is 1. The maximum Gasteiger partial charge on any atom is 0.319 e. The Labute approximate surface area is 197 Å². The number of aryl methyl sites for hydroxylation is 1. The van der Waals surface area contributed by atoms with Crippen molar-refractivity contribution in [1.29, 1.82) is 0 Å². The topological polar surface area (TPSA) is 145 Å². The Bertz CT molecular complexity index is 1130. The van der Waals surface area contributed by atoms with Crippen LogP contribution in [-0.2, 0) is 22.6 Å². The Hall–Kier alpha value is -3.69. The smallest absolute Gasteiger partial charge is 0.319 e. The molecule has 2 aromatic carbocycles. The molecule has 1 aliphatic heterocycles. The molecular formula is C25H28N4O5. The molecule has 0 bridgehead atoms. The number of aliphatic hydroxyl groups excluding tert-OH is 2. The molecule has 2 aliphatic rings. The van der Waals surface area contributed by atoms with E-state index >= 15 is 0 Å². The van der Waals surface area contributed by atoms with Crippen LogP contribution in [0, 0.1) is 6.92 Å². The van der Waals surface area contributed by atoms with Crippen molar-refractivity contribution >= 4 is 23.5 Å². The Morgan fingerprint density at radius 2 is 1.68 bits per heavy atom. The summed E-state index contributed by atoms with van der Waals surface area (Å²) in [7, 11) is 0. The summed E-state index contributed by atoms with van der Waals surface area (Å²) in [6.45, 7) is 2.13. The first-order chi connectivity index (χ1) is 16.2. The highest BCUT2D eigenvalue weighted by Crippen LogP contribution is 2.28. The number of nitrogens with two attached hydrogens (primary N) is 1. The fourth-order valence-electron chi connectivity index (χ4n) is 4.38. The zero-order chi connectivity index (χ0) is 24.4. The molecule has 0 fully saturated rings. The number of carbonyl (C=O) groups is 3. The van der Waals surface area contributed by atoms with Crippen molar-refractivity contribution in [2.24, 2.45) is 5.73 Å². The third kappa shape index (κ3) is 4.95. The van der Waals surface area contributed by atoms with Gasteiger partial charge < -0.3 is 31.5 Å². The average Bonchev–Trinajstić information content (AvgIpc) is 2.82. The lowest BCUT2D eigenvalue weighted by Crippen LogP contribution is -2.54. The van der Waals surface area contributed by atoms with Crippen LogP contribution in [0.3, 0.4) is 0 Å². The minimum Gasteiger partial charge on any atom is -0.390 e. The second-order valence-electron chi connectivity index (χ2n) is 8.77. The Morgan fingerprint density at radius 3 is 2.35 bits per heavy atom. The van der Waals surface area contributed by atoms with Gasteiger partial charge in [-0.2, -0.15) is 0 Å². The lowest BCUT2D eigenvalue weighted by molar-refractivity contribution is -0.138. The van der Waals surface area contributed by atoms with Crippen molar-refractivity contribution in [1.82, 2.24) is 10.2 Å². The quantitative estimate of drug-likeness (QED) is 0.458. The van der Waals surface area contributed by atoms with Crippen LogP contribution in [0.4, 0.5) is 10.5 Å². The van der Waals surface area contributed by atoms with E-state index < -0.39 is 42.1 Å². The molecular weight excluding hydrogens is 436 g/mol. The highest BCUT2D eigenvalue weighted by atomic mass is 16.3. The lowest BCUT2D eigenvalue weighted by atomic mass is 9.88. The summed E-state index contributed by atoms with van der Waals surface area (Å²) in [6, 6.07) is 12.3. The van der Waals surface area contributed by atoms with Crippen LogP contribution in [0.1, 0.15) is 23.1 Å². The van der Waals surface area contributed by atoms with E-state index in [4.69, 9.17) is 5.73 Å². The number of anilines is 1. The van der Waals surface area contributed by atoms with Gasteiger partial charge in [-0.15, -0.1) is 0 Å². The molecule has 4 unspecified atom stereocenters. The molecule has 0 spiro atoms. The number of hydrogen-bond acceptors (Lipinski definition) is 5. The number of carbonyl (C=O) groups excluding carboxylic acids is 3. The molecule has 0 saturated heterocycles. The van der Waals surface area contributed by atoms with Crippen LogP contribution in [-0.4, -0.2) is 57.3 Å². The van der Waals surface area contributed by atoms with Crippen LogP contribution in [0.15, 0.2) is 60.2 Å². The summed E-state index contributed by atoms with van der Waals surface area (Å²) < 4.78 is 0. The van der Waals surface area contributed by atoms with Gasteiger partial charge in [-0.05, 0) is 30.2 Å². The van der Waals surface area contributed by atoms with Gasteiger partial charge in [0.05, 0.1) is 12.1 Å². The van der Waals surface area contributed by atoms with Gasteiger partial charge in [0.1, 0.15) is 12.1 Å². The number of nitrogens with zero attached hydrogens (tertiary/aromatic N) is 1. The van der Waals surface area contributed by atoms with Crippen molar-refractivity contribution < 1.29 is 24.6 Å². The van der Waals surface area contributed by atoms with Gasteiger partial charge in [0.2, 0.25) is 5.91 Å². The van der Waals surface area contributed by atoms with E-state index in [1.54, 1.807) is 12.1 Å². The SMILES string of the molecule is Cc1ccc(NC(=O)NC2C=C(C(=O)N3Cc4ccccc4CC3C(N)=O)CC(O)C2O)cc1. The molecule has 9 heteroatoms. The molecule has 4 atom stereocenters. The predicted molar refractivity (Wildman–Crippen MR) is 126 cm³/mol. The normalized spacial score (nSPS) is 24.0. The highest BCUT2D eigenvalue weighted by molar-refractivity contribution is 5.98. The largest absolute Gasteiger partial charge is 0.390 e. The molecule has 0 saturated carbocycles. The van der Waals surface area contributed by atoms with Gasteiger partial charge in [0, 0.05) is 30.6 Å². The second-order valence-corrected chi connectivity index (χ2v) is 8.77. The maximum atomic E-state index is 13.4. The van der Waals surface area contributed by atoms with Gasteiger partial charge in [0.25, 0.3) is 5.91 Å². The van der Waals surface area contributed by atoms with Gasteiger partial charge in [-0.3, -0.25) is 9.59 Å². The minimum atomic E-state index is -1.30. The highest BCUT2D eigenvalue weighted by Gasteiger charge is 2.39. The number of aliphatic hydroxyl groups is 2. The maximum absolute atomic E-state index is 13.4. The number of rotatable bonds is 4. The lowest BCUT2D eigenvalue weighted by Gasteiger charge is -2.38. The van der Waals surface area contributed by atoms with E-state index in [0.29, 0.717) is 12.1 Å². The van der Waals surface area contributed by atoms with Crippen molar-refractivity contribution in [3.8, 4) is 0 Å². The molecule has 9 nitrogen and oxygen atoms in total. The summed E-state index contributed by atoms with van der Waals surface area (Å²) in [5.74, 6) is -1.08. The van der Waals surface area contributed by atoms with Crippen LogP contribution in [0.5, 0.6) is 0 Å². The van der Waals surface area contributed by atoms with Crippen LogP contribution in [0.25, 0.3) is 0 Å². The fraction of sp³-hybridized carbons (Fsp3) is 0.320. The number of nitrogens with one attached hydrogen (secondary N) is 2. The van der Waals surface area contributed by atoms with E-state index in [2.05, 4.69) is 10.6 Å². The van der Waals surface area contributed by atoms with E-state index in [0.717, 1.165) is 16.7 Å². The number of hydrogen-bond donors (Lipinski definition) is 5. The van der Waals surface area contributed by atoms with E-state index in [-0.39, 0.29) is 18.5 Å². The first kappa shape index (κ1) is 23.5. The number of amides is 4. The van der Waals surface area contributed by atoms with E-state index in [1.165, 1.54) is 11.0 Å². The minimum absolute atomic E-state index is 0.110. The van der Waals surface area contributed by atoms with Crippen LogP contribution >= 0.6 is 0 Å². The summed E-state index contributed by atoms with van der Waals surface area (Å²) in [4.78, 5) is 39.4. The molecule has 178 valence electrons. The standard InChI is InChI=1S/C25H28N4O5/c1-14-6-8-18(9-7-14)27-25(34)28-19-10-17(12-21(30)22(19)31)24(33)29-13-16-5-3-2-4-15(16)11-20(29)23(26)32/h2-10,19-22,30-31H,11-13H2,1H3,(H2,26,32)(H2,27,28,34). The van der Waals surface area contributed by atoms with Gasteiger partial charge in [0.15, 0.2) is 0 Å². The number of benzene rings is 2. The van der Waals surface area contributed by atoms with Gasteiger partial charge >= 0.3 is 6.03 Å². The molecule has 1 aliphatic carbocycles. The monoisotopic (exact) mass is 464 g/mol. The summed E-state index contributed by atoms with van der Waals surface area (Å²) >= 11 is 0. The third-order valence-corrected chi connectivity index (χ3v) is 6.29. The molecule has 1 heterocycles. The summed E-state index contributed by atoms with van der Waals surface area (Å²) in [5.41, 5.74) is 9.27. The molecule has 6 N–H and O–H groups in total. The van der Waals surface area contributed by atoms with Crippen molar-refractivity contribution in [2.75, 3.05) is 5.32 Å². The zero-order valence-electron chi connectivity index (χ0n) is 18.8. The molecule has 0 aromatic heterocycles. The van der Waals surface area contributed by atoms with Crippen molar-refractivity contribution in [3.63, 3.8) is 0 Å². The van der Waals surface area contributed by atoms with Crippen LogP contribution in [0.2, 0.25) is 0 Å². The predicted octanol–water partition coefficient (Wildman–Crippen LogP) is 0.976. The van der Waals surface area contributed by atoms with E-state index in [9.17, 15) is 24.6 Å². The molecule has 0 radical (unpaired) electrons. The Morgan fingerprint density at radius 1 is 1.00 bits per heavy atom. The van der Waals surface area contributed by atoms with E-state index in [1.807, 2.05) is 43.3 Å². The van der Waals surface area contributed by atoms with Crippen LogP contribution < -0.4 is 16.4 Å². The fourth-order valence-corrected chi connectivity index (χ4v) is 4.38. The second kappa shape index (κ2) is 9.66. The summed E-state index contributed by atoms with van der Waals surface area (Å²) in [5, 5.41) is 26.1. The zero-order valence-corrected chi connectivity index (χ0v) is 18.8. The third-order valence-electron chi connectivity index (χ3n) is 6.29. The first-order valence-corrected chi connectivity index (χ1v) is 11.1. The molecule has 4 amide bonds. The number of fused-ring (bicyclic) bond motifs is 1. The van der Waals surface area contributed by atoms with Crippen molar-refractivity contribution in [2.45, 2.75) is 50.6 Å².